The van der Waals surface area contributed by atoms with Crippen molar-refractivity contribution in [3.8, 4) is 11.5 Å². The molecular formula is C19H15Cl2NO3S. The molecule has 0 radical (unpaired) electrons. The number of hydrogen-bond donors (Lipinski definition) is 1. The van der Waals surface area contributed by atoms with Crippen molar-refractivity contribution in [2.24, 2.45) is 0 Å². The van der Waals surface area contributed by atoms with Gasteiger partial charge in [-0.25, -0.2) is 8.42 Å². The molecule has 0 amide bonds. The van der Waals surface area contributed by atoms with Gasteiger partial charge in [-0.05, 0) is 67.1 Å². The van der Waals surface area contributed by atoms with Gasteiger partial charge in [0.25, 0.3) is 10.0 Å². The number of halogens is 2. The highest BCUT2D eigenvalue weighted by molar-refractivity contribution is 7.92. The predicted molar refractivity (Wildman–Crippen MR) is 105 cm³/mol. The Balaban J connectivity index is 1.75. The molecule has 0 unspecified atom stereocenters. The maximum atomic E-state index is 12.4. The van der Waals surface area contributed by atoms with Gasteiger partial charge in [0.15, 0.2) is 0 Å². The van der Waals surface area contributed by atoms with Crippen LogP contribution in [0.5, 0.6) is 11.5 Å². The lowest BCUT2D eigenvalue weighted by Crippen LogP contribution is -2.12. The number of aryl methyl sites for hydroxylation is 1. The molecule has 0 atom stereocenters. The van der Waals surface area contributed by atoms with Gasteiger partial charge in [0.05, 0.1) is 14.9 Å². The summed E-state index contributed by atoms with van der Waals surface area (Å²) in [5, 5.41) is 0.472. The van der Waals surface area contributed by atoms with Crippen LogP contribution in [-0.2, 0) is 10.0 Å². The summed E-state index contributed by atoms with van der Waals surface area (Å²) in [6, 6.07) is 18.4. The second kappa shape index (κ2) is 7.58. The van der Waals surface area contributed by atoms with E-state index < -0.39 is 10.0 Å². The summed E-state index contributed by atoms with van der Waals surface area (Å²) < 4.78 is 33.1. The van der Waals surface area contributed by atoms with Crippen LogP contribution in [0.1, 0.15) is 5.56 Å². The molecule has 0 aliphatic carbocycles. The molecule has 0 saturated heterocycles. The molecule has 3 aromatic rings. The summed E-state index contributed by atoms with van der Waals surface area (Å²) in [7, 11) is -3.76. The second-order valence-electron chi connectivity index (χ2n) is 5.62. The van der Waals surface area contributed by atoms with E-state index in [9.17, 15) is 8.42 Å². The minimum atomic E-state index is -3.76. The molecule has 0 bridgehead atoms. The van der Waals surface area contributed by atoms with Gasteiger partial charge in [-0.2, -0.15) is 0 Å². The van der Waals surface area contributed by atoms with Gasteiger partial charge >= 0.3 is 0 Å². The Kier molecular flexibility index (Phi) is 5.41. The Morgan fingerprint density at radius 1 is 0.846 bits per heavy atom. The van der Waals surface area contributed by atoms with Crippen LogP contribution in [0.25, 0.3) is 0 Å². The predicted octanol–water partition coefficient (Wildman–Crippen LogP) is 5.89. The molecule has 7 heteroatoms. The first-order valence-corrected chi connectivity index (χ1v) is 9.90. The standard InChI is InChI=1S/C19H15Cl2NO3S/c1-13-3-2-4-16(11-13)25-15-7-5-14(6-8-15)22-26(23,24)17-9-10-18(20)19(21)12-17/h2-12,22H,1H3. The van der Waals surface area contributed by atoms with Crippen LogP contribution < -0.4 is 9.46 Å². The highest BCUT2D eigenvalue weighted by Gasteiger charge is 2.15. The van der Waals surface area contributed by atoms with Crippen molar-refractivity contribution in [2.75, 3.05) is 4.72 Å². The number of benzene rings is 3. The van der Waals surface area contributed by atoms with Crippen molar-refractivity contribution in [3.63, 3.8) is 0 Å². The van der Waals surface area contributed by atoms with E-state index in [4.69, 9.17) is 27.9 Å². The van der Waals surface area contributed by atoms with Crippen LogP contribution in [0.3, 0.4) is 0 Å². The van der Waals surface area contributed by atoms with Crippen molar-refractivity contribution in [3.05, 3.63) is 82.3 Å². The summed E-state index contributed by atoms with van der Waals surface area (Å²) in [5.41, 5.74) is 1.50. The third-order valence-corrected chi connectivity index (χ3v) is 5.65. The number of nitrogens with one attached hydrogen (secondary N) is 1. The fraction of sp³-hybridized carbons (Fsp3) is 0.0526. The maximum absolute atomic E-state index is 12.4. The van der Waals surface area contributed by atoms with Crippen LogP contribution in [0, 0.1) is 6.92 Å². The van der Waals surface area contributed by atoms with Gasteiger partial charge in [0.1, 0.15) is 11.5 Å². The zero-order chi connectivity index (χ0) is 18.7. The van der Waals surface area contributed by atoms with E-state index >= 15 is 0 Å². The van der Waals surface area contributed by atoms with E-state index in [0.29, 0.717) is 22.2 Å². The summed E-state index contributed by atoms with van der Waals surface area (Å²) in [5.74, 6) is 1.32. The van der Waals surface area contributed by atoms with Gasteiger partial charge < -0.3 is 4.74 Å². The lowest BCUT2D eigenvalue weighted by Gasteiger charge is -2.10. The zero-order valence-electron chi connectivity index (χ0n) is 13.7. The van der Waals surface area contributed by atoms with E-state index in [1.165, 1.54) is 18.2 Å². The molecule has 0 aliphatic heterocycles. The molecule has 134 valence electrons. The Morgan fingerprint density at radius 3 is 2.23 bits per heavy atom. The van der Waals surface area contributed by atoms with E-state index in [2.05, 4.69) is 4.72 Å². The second-order valence-corrected chi connectivity index (χ2v) is 8.12. The van der Waals surface area contributed by atoms with Crippen LogP contribution in [0.15, 0.2) is 71.6 Å². The van der Waals surface area contributed by atoms with E-state index in [-0.39, 0.29) is 9.92 Å². The van der Waals surface area contributed by atoms with Crippen molar-refractivity contribution >= 4 is 38.9 Å². The van der Waals surface area contributed by atoms with Gasteiger partial charge in [-0.1, -0.05) is 35.3 Å². The van der Waals surface area contributed by atoms with Crippen LogP contribution in [-0.4, -0.2) is 8.42 Å². The first-order valence-electron chi connectivity index (χ1n) is 7.66. The van der Waals surface area contributed by atoms with Crippen molar-refractivity contribution in [1.82, 2.24) is 0 Å². The number of anilines is 1. The fourth-order valence-electron chi connectivity index (χ4n) is 2.26. The average molecular weight is 408 g/mol. The van der Waals surface area contributed by atoms with Crippen molar-refractivity contribution < 1.29 is 13.2 Å². The van der Waals surface area contributed by atoms with Crippen LogP contribution >= 0.6 is 23.2 Å². The Bertz CT molecular complexity index is 1030. The monoisotopic (exact) mass is 407 g/mol. The Morgan fingerprint density at radius 2 is 1.58 bits per heavy atom. The van der Waals surface area contributed by atoms with Gasteiger partial charge in [0.2, 0.25) is 0 Å². The molecule has 0 saturated carbocycles. The SMILES string of the molecule is Cc1cccc(Oc2ccc(NS(=O)(=O)c3ccc(Cl)c(Cl)c3)cc2)c1. The summed E-state index contributed by atoms with van der Waals surface area (Å²) in [6.45, 7) is 1.98. The summed E-state index contributed by atoms with van der Waals surface area (Å²) in [6.07, 6.45) is 0. The van der Waals surface area contributed by atoms with E-state index in [1.807, 2.05) is 31.2 Å². The van der Waals surface area contributed by atoms with Gasteiger partial charge in [-0.3, -0.25) is 4.72 Å². The summed E-state index contributed by atoms with van der Waals surface area (Å²) in [4.78, 5) is 0.0342. The largest absolute Gasteiger partial charge is 0.457 e. The first-order chi connectivity index (χ1) is 12.3. The van der Waals surface area contributed by atoms with Crippen LogP contribution in [0.2, 0.25) is 10.0 Å². The quantitative estimate of drug-likeness (QED) is 0.572. The van der Waals surface area contributed by atoms with Crippen LogP contribution in [0.4, 0.5) is 5.69 Å². The number of sulfonamides is 1. The molecular weight excluding hydrogens is 393 g/mol. The molecule has 3 rings (SSSR count). The lowest BCUT2D eigenvalue weighted by atomic mass is 10.2. The van der Waals surface area contributed by atoms with E-state index in [0.717, 1.165) is 5.56 Å². The van der Waals surface area contributed by atoms with E-state index in [1.54, 1.807) is 24.3 Å². The molecule has 0 aliphatic rings. The molecule has 4 nitrogen and oxygen atoms in total. The normalized spacial score (nSPS) is 11.2. The number of ether oxygens (including phenoxy) is 1. The number of rotatable bonds is 5. The first kappa shape index (κ1) is 18.6. The zero-order valence-corrected chi connectivity index (χ0v) is 16.1. The molecule has 0 fully saturated rings. The molecule has 3 aromatic carbocycles. The third-order valence-electron chi connectivity index (χ3n) is 3.53. The Labute approximate surface area is 162 Å². The van der Waals surface area contributed by atoms with Gasteiger partial charge in [0, 0.05) is 5.69 Å². The van der Waals surface area contributed by atoms with Gasteiger partial charge in [-0.15, -0.1) is 0 Å². The number of hydrogen-bond acceptors (Lipinski definition) is 3. The summed E-state index contributed by atoms with van der Waals surface area (Å²) >= 11 is 11.7. The highest BCUT2D eigenvalue weighted by Crippen LogP contribution is 2.27. The molecule has 0 heterocycles. The van der Waals surface area contributed by atoms with Crippen molar-refractivity contribution in [2.45, 2.75) is 11.8 Å². The minimum absolute atomic E-state index is 0.0342. The molecule has 26 heavy (non-hydrogen) atoms. The van der Waals surface area contributed by atoms with Crippen molar-refractivity contribution in [1.29, 1.82) is 0 Å². The average Bonchev–Trinajstić information content (AvgIpc) is 2.59. The molecule has 1 N–H and O–H groups in total. The third kappa shape index (κ3) is 4.49. The fourth-order valence-corrected chi connectivity index (χ4v) is 3.71. The molecule has 0 spiro atoms. The highest BCUT2D eigenvalue weighted by atomic mass is 35.5. The smallest absolute Gasteiger partial charge is 0.261 e. The maximum Gasteiger partial charge on any atom is 0.261 e. The topological polar surface area (TPSA) is 55.4 Å². The molecule has 0 aromatic heterocycles. The lowest BCUT2D eigenvalue weighted by molar-refractivity contribution is 0.482. The Hall–Kier alpha value is -2.21. The minimum Gasteiger partial charge on any atom is -0.457 e.